The second kappa shape index (κ2) is 6.81. The van der Waals surface area contributed by atoms with E-state index in [0.717, 1.165) is 31.0 Å². The standard InChI is InChI=1S/C19H30N4O2/c1-13-12-22(18(24)25-19(3,4)5)10-11-23(13)17-15-8-6-7-9-16(15)20-14(2)21-17/h13H,6-12H2,1-5H3. The number of fused-ring (bicyclic) bond motifs is 1. The summed E-state index contributed by atoms with van der Waals surface area (Å²) in [6.07, 6.45) is 4.31. The molecule has 1 amide bonds. The number of anilines is 1. The van der Waals surface area contributed by atoms with Gasteiger partial charge in [0.2, 0.25) is 0 Å². The quantitative estimate of drug-likeness (QED) is 0.782. The number of hydrogen-bond acceptors (Lipinski definition) is 5. The highest BCUT2D eigenvalue weighted by molar-refractivity contribution is 5.69. The van der Waals surface area contributed by atoms with Crippen molar-refractivity contribution in [2.45, 2.75) is 71.9 Å². The molecule has 0 radical (unpaired) electrons. The Morgan fingerprint density at radius 3 is 2.56 bits per heavy atom. The lowest BCUT2D eigenvalue weighted by Crippen LogP contribution is -2.55. The number of rotatable bonds is 1. The molecule has 138 valence electrons. The van der Waals surface area contributed by atoms with Crippen molar-refractivity contribution in [3.05, 3.63) is 17.1 Å². The molecule has 1 fully saturated rings. The molecule has 1 aromatic heterocycles. The summed E-state index contributed by atoms with van der Waals surface area (Å²) < 4.78 is 5.52. The smallest absolute Gasteiger partial charge is 0.410 e. The third-order valence-electron chi connectivity index (χ3n) is 4.82. The minimum absolute atomic E-state index is 0.210. The van der Waals surface area contributed by atoms with E-state index < -0.39 is 5.60 Å². The van der Waals surface area contributed by atoms with Crippen LogP contribution in [-0.2, 0) is 17.6 Å². The first-order valence-corrected chi connectivity index (χ1v) is 9.35. The van der Waals surface area contributed by atoms with Crippen molar-refractivity contribution < 1.29 is 9.53 Å². The fourth-order valence-electron chi connectivity index (χ4n) is 3.70. The molecule has 2 heterocycles. The van der Waals surface area contributed by atoms with Crippen LogP contribution in [0.1, 0.15) is 57.6 Å². The van der Waals surface area contributed by atoms with Gasteiger partial charge in [-0.05, 0) is 60.3 Å². The zero-order chi connectivity index (χ0) is 18.2. The maximum absolute atomic E-state index is 12.3. The van der Waals surface area contributed by atoms with Crippen molar-refractivity contribution in [2.75, 3.05) is 24.5 Å². The number of aromatic nitrogens is 2. The molecule has 1 unspecified atom stereocenters. The summed E-state index contributed by atoms with van der Waals surface area (Å²) in [6, 6.07) is 0.210. The summed E-state index contributed by atoms with van der Waals surface area (Å²) in [5, 5.41) is 0. The summed E-state index contributed by atoms with van der Waals surface area (Å²) in [5.74, 6) is 1.93. The Hall–Kier alpha value is -1.85. The lowest BCUT2D eigenvalue weighted by atomic mass is 9.95. The molecule has 3 rings (SSSR count). The van der Waals surface area contributed by atoms with Crippen LogP contribution in [0.25, 0.3) is 0 Å². The van der Waals surface area contributed by atoms with Crippen molar-refractivity contribution >= 4 is 11.9 Å². The average molecular weight is 346 g/mol. The SMILES string of the molecule is Cc1nc2c(c(N3CCN(C(=O)OC(C)(C)C)CC3C)n1)CCCC2. The lowest BCUT2D eigenvalue weighted by molar-refractivity contribution is 0.0218. The molecular formula is C19H30N4O2. The number of nitrogens with zero attached hydrogens (tertiary/aromatic N) is 4. The molecule has 1 aromatic rings. The highest BCUT2D eigenvalue weighted by Crippen LogP contribution is 2.30. The van der Waals surface area contributed by atoms with E-state index in [0.29, 0.717) is 13.1 Å². The predicted molar refractivity (Wildman–Crippen MR) is 98.0 cm³/mol. The van der Waals surface area contributed by atoms with E-state index in [2.05, 4.69) is 16.8 Å². The number of amides is 1. The summed E-state index contributed by atoms with van der Waals surface area (Å²) in [6.45, 7) is 11.9. The normalized spacial score (nSPS) is 21.1. The van der Waals surface area contributed by atoms with E-state index in [1.54, 1.807) is 0 Å². The second-order valence-electron chi connectivity index (χ2n) is 8.20. The molecule has 6 nitrogen and oxygen atoms in total. The zero-order valence-corrected chi connectivity index (χ0v) is 16.1. The van der Waals surface area contributed by atoms with Crippen molar-refractivity contribution in [3.63, 3.8) is 0 Å². The van der Waals surface area contributed by atoms with E-state index in [4.69, 9.17) is 9.72 Å². The number of hydrogen-bond donors (Lipinski definition) is 0. The maximum atomic E-state index is 12.3. The molecule has 0 spiro atoms. The summed E-state index contributed by atoms with van der Waals surface area (Å²) >= 11 is 0. The number of piperazine rings is 1. The summed E-state index contributed by atoms with van der Waals surface area (Å²) in [4.78, 5) is 25.9. The molecule has 1 aliphatic carbocycles. The topological polar surface area (TPSA) is 58.6 Å². The highest BCUT2D eigenvalue weighted by atomic mass is 16.6. The van der Waals surface area contributed by atoms with Gasteiger partial charge in [-0.3, -0.25) is 0 Å². The van der Waals surface area contributed by atoms with Gasteiger partial charge in [-0.2, -0.15) is 0 Å². The van der Waals surface area contributed by atoms with Gasteiger partial charge in [0.25, 0.3) is 0 Å². The van der Waals surface area contributed by atoms with Gasteiger partial charge in [-0.15, -0.1) is 0 Å². The number of aryl methyl sites for hydroxylation is 2. The van der Waals surface area contributed by atoms with Gasteiger partial charge in [0.15, 0.2) is 0 Å². The molecule has 6 heteroatoms. The molecule has 0 bridgehead atoms. The Kier molecular flexibility index (Phi) is 4.89. The van der Waals surface area contributed by atoms with Gasteiger partial charge >= 0.3 is 6.09 Å². The Morgan fingerprint density at radius 2 is 1.88 bits per heavy atom. The largest absolute Gasteiger partial charge is 0.444 e. The summed E-state index contributed by atoms with van der Waals surface area (Å²) in [7, 11) is 0. The monoisotopic (exact) mass is 346 g/mol. The van der Waals surface area contributed by atoms with E-state index in [9.17, 15) is 4.79 Å². The van der Waals surface area contributed by atoms with Crippen LogP contribution in [0.15, 0.2) is 0 Å². The van der Waals surface area contributed by atoms with E-state index in [1.807, 2.05) is 32.6 Å². The van der Waals surface area contributed by atoms with Crippen LogP contribution in [-0.4, -0.2) is 52.2 Å². The Labute approximate surface area is 150 Å². The molecule has 0 N–H and O–H groups in total. The second-order valence-corrected chi connectivity index (χ2v) is 8.20. The van der Waals surface area contributed by atoms with Gasteiger partial charge in [-0.1, -0.05) is 0 Å². The van der Waals surface area contributed by atoms with E-state index in [1.165, 1.54) is 24.1 Å². The number of carbonyl (C=O) groups excluding carboxylic acids is 1. The van der Waals surface area contributed by atoms with Crippen molar-refractivity contribution in [1.29, 1.82) is 0 Å². The Bertz CT molecular complexity index is 654. The molecule has 1 saturated heterocycles. The van der Waals surface area contributed by atoms with Crippen molar-refractivity contribution in [1.82, 2.24) is 14.9 Å². The Balaban J connectivity index is 1.76. The molecule has 1 atom stereocenters. The zero-order valence-electron chi connectivity index (χ0n) is 16.1. The molecule has 2 aliphatic rings. The minimum Gasteiger partial charge on any atom is -0.444 e. The molecule has 0 aromatic carbocycles. The Morgan fingerprint density at radius 1 is 1.16 bits per heavy atom. The number of ether oxygens (including phenoxy) is 1. The first kappa shape index (κ1) is 18.0. The third-order valence-corrected chi connectivity index (χ3v) is 4.82. The number of carbonyl (C=O) groups is 1. The fraction of sp³-hybridized carbons (Fsp3) is 0.737. The van der Waals surface area contributed by atoms with E-state index >= 15 is 0 Å². The average Bonchev–Trinajstić information content (AvgIpc) is 2.52. The maximum Gasteiger partial charge on any atom is 0.410 e. The van der Waals surface area contributed by atoms with Crippen LogP contribution >= 0.6 is 0 Å². The van der Waals surface area contributed by atoms with Crippen LogP contribution < -0.4 is 4.90 Å². The minimum atomic E-state index is -0.458. The third kappa shape index (κ3) is 4.05. The van der Waals surface area contributed by atoms with Crippen LogP contribution in [0.4, 0.5) is 10.6 Å². The summed E-state index contributed by atoms with van der Waals surface area (Å²) in [5.41, 5.74) is 2.07. The van der Waals surface area contributed by atoms with Crippen LogP contribution in [0, 0.1) is 6.92 Å². The van der Waals surface area contributed by atoms with E-state index in [-0.39, 0.29) is 12.1 Å². The van der Waals surface area contributed by atoms with Crippen LogP contribution in [0.3, 0.4) is 0 Å². The molecule has 25 heavy (non-hydrogen) atoms. The van der Waals surface area contributed by atoms with Gasteiger partial charge in [-0.25, -0.2) is 14.8 Å². The van der Waals surface area contributed by atoms with Gasteiger partial charge < -0.3 is 14.5 Å². The molecule has 0 saturated carbocycles. The van der Waals surface area contributed by atoms with Gasteiger partial charge in [0.1, 0.15) is 17.2 Å². The highest BCUT2D eigenvalue weighted by Gasteiger charge is 2.32. The lowest BCUT2D eigenvalue weighted by Gasteiger charge is -2.41. The van der Waals surface area contributed by atoms with Gasteiger partial charge in [0.05, 0.1) is 0 Å². The first-order chi connectivity index (χ1) is 11.7. The van der Waals surface area contributed by atoms with Crippen LogP contribution in [0.2, 0.25) is 0 Å². The van der Waals surface area contributed by atoms with Crippen LogP contribution in [0.5, 0.6) is 0 Å². The first-order valence-electron chi connectivity index (χ1n) is 9.35. The predicted octanol–water partition coefficient (Wildman–Crippen LogP) is 3.11. The molecular weight excluding hydrogens is 316 g/mol. The molecule has 1 aliphatic heterocycles. The van der Waals surface area contributed by atoms with Gasteiger partial charge in [0, 0.05) is 36.9 Å². The van der Waals surface area contributed by atoms with Crippen molar-refractivity contribution in [3.8, 4) is 0 Å². The fourth-order valence-corrected chi connectivity index (χ4v) is 3.70. The van der Waals surface area contributed by atoms with Crippen molar-refractivity contribution in [2.24, 2.45) is 0 Å².